The van der Waals surface area contributed by atoms with Crippen molar-refractivity contribution in [1.29, 1.82) is 0 Å². The molecular weight excluding hydrogens is 346 g/mol. The molecule has 0 aliphatic carbocycles. The number of methoxy groups -OCH3 is 1. The molecule has 0 radical (unpaired) electrons. The Balaban J connectivity index is 1.94. The Morgan fingerprint density at radius 2 is 2.24 bits per heavy atom. The van der Waals surface area contributed by atoms with Crippen molar-refractivity contribution in [2.24, 2.45) is 5.92 Å². The highest BCUT2D eigenvalue weighted by atomic mass is 35.5. The van der Waals surface area contributed by atoms with E-state index in [1.54, 1.807) is 27.1 Å². The van der Waals surface area contributed by atoms with Crippen molar-refractivity contribution in [3.63, 3.8) is 0 Å². The van der Waals surface area contributed by atoms with Crippen LogP contribution >= 0.6 is 11.6 Å². The van der Waals surface area contributed by atoms with Crippen molar-refractivity contribution in [2.75, 3.05) is 38.7 Å². The Labute approximate surface area is 152 Å². The number of carboxylic acids is 1. The zero-order chi connectivity index (χ0) is 18.6. The molecule has 1 aromatic carbocycles. The van der Waals surface area contributed by atoms with Gasteiger partial charge in [0.25, 0.3) is 0 Å². The molecule has 0 bridgehead atoms. The average Bonchev–Trinajstić information content (AvgIpc) is 3.02. The van der Waals surface area contributed by atoms with Gasteiger partial charge in [0.05, 0.1) is 18.7 Å². The van der Waals surface area contributed by atoms with Gasteiger partial charge in [-0.15, -0.1) is 0 Å². The maximum absolute atomic E-state index is 12.2. The van der Waals surface area contributed by atoms with Crippen molar-refractivity contribution in [2.45, 2.75) is 19.4 Å². The first-order valence-electron chi connectivity index (χ1n) is 8.14. The second-order valence-corrected chi connectivity index (χ2v) is 6.75. The number of amides is 2. The van der Waals surface area contributed by atoms with Crippen LogP contribution in [0.5, 0.6) is 5.75 Å². The van der Waals surface area contributed by atoms with Gasteiger partial charge in [-0.25, -0.2) is 4.79 Å². The van der Waals surface area contributed by atoms with Crippen LogP contribution in [0, 0.1) is 5.92 Å². The minimum atomic E-state index is -0.917. The van der Waals surface area contributed by atoms with E-state index in [4.69, 9.17) is 21.4 Å². The lowest BCUT2D eigenvalue weighted by atomic mass is 10.2. The SMILES string of the molecule is COc1ccc(Cl)cc1N1CCC(NC(=O)N(C)CC(C)C(=O)O)C1. The molecule has 0 spiro atoms. The third-order valence-electron chi connectivity index (χ3n) is 4.31. The summed E-state index contributed by atoms with van der Waals surface area (Å²) in [5, 5.41) is 12.5. The number of rotatable bonds is 6. The summed E-state index contributed by atoms with van der Waals surface area (Å²) in [4.78, 5) is 26.7. The van der Waals surface area contributed by atoms with Gasteiger partial charge in [0.15, 0.2) is 0 Å². The lowest BCUT2D eigenvalue weighted by molar-refractivity contribution is -0.141. The zero-order valence-corrected chi connectivity index (χ0v) is 15.4. The third kappa shape index (κ3) is 4.92. The molecule has 1 aliphatic heterocycles. The van der Waals surface area contributed by atoms with Crippen LogP contribution in [-0.2, 0) is 4.79 Å². The van der Waals surface area contributed by atoms with E-state index in [1.165, 1.54) is 4.90 Å². The van der Waals surface area contributed by atoms with E-state index < -0.39 is 11.9 Å². The fraction of sp³-hybridized carbons (Fsp3) is 0.529. The largest absolute Gasteiger partial charge is 0.495 e. The summed E-state index contributed by atoms with van der Waals surface area (Å²) in [6.07, 6.45) is 0.795. The molecule has 1 aromatic rings. The summed E-state index contributed by atoms with van der Waals surface area (Å²) in [7, 11) is 3.21. The predicted molar refractivity (Wildman–Crippen MR) is 96.6 cm³/mol. The number of benzene rings is 1. The van der Waals surface area contributed by atoms with Gasteiger partial charge in [0.2, 0.25) is 0 Å². The van der Waals surface area contributed by atoms with Crippen LogP contribution < -0.4 is 15.0 Å². The Bertz CT molecular complexity index is 640. The number of hydrogen-bond donors (Lipinski definition) is 2. The maximum Gasteiger partial charge on any atom is 0.317 e. The lowest BCUT2D eigenvalue weighted by Gasteiger charge is -2.24. The van der Waals surface area contributed by atoms with Crippen LogP contribution in [0.15, 0.2) is 18.2 Å². The van der Waals surface area contributed by atoms with Gasteiger partial charge in [0.1, 0.15) is 5.75 Å². The van der Waals surface area contributed by atoms with Crippen LogP contribution in [-0.4, -0.2) is 61.8 Å². The number of nitrogens with one attached hydrogen (secondary N) is 1. The van der Waals surface area contributed by atoms with Crippen LogP contribution in [0.3, 0.4) is 0 Å². The summed E-state index contributed by atoms with van der Waals surface area (Å²) < 4.78 is 5.38. The fourth-order valence-electron chi connectivity index (χ4n) is 2.86. The van der Waals surface area contributed by atoms with Crippen LogP contribution in [0.25, 0.3) is 0 Å². The van der Waals surface area contributed by atoms with E-state index in [1.807, 2.05) is 12.1 Å². The topological polar surface area (TPSA) is 82.1 Å². The number of carboxylic acid groups (broad SMARTS) is 1. The van der Waals surface area contributed by atoms with E-state index in [9.17, 15) is 9.59 Å². The van der Waals surface area contributed by atoms with E-state index >= 15 is 0 Å². The molecule has 2 rings (SSSR count). The van der Waals surface area contributed by atoms with Gasteiger partial charge in [-0.2, -0.15) is 0 Å². The zero-order valence-electron chi connectivity index (χ0n) is 14.7. The minimum absolute atomic E-state index is 0.0150. The Hall–Kier alpha value is -2.15. The number of aliphatic carboxylic acids is 1. The summed E-state index contributed by atoms with van der Waals surface area (Å²) >= 11 is 6.08. The number of hydrogen-bond acceptors (Lipinski definition) is 4. The highest BCUT2D eigenvalue weighted by Crippen LogP contribution is 2.33. The second-order valence-electron chi connectivity index (χ2n) is 6.32. The molecule has 2 N–H and O–H groups in total. The van der Waals surface area contributed by atoms with Crippen LogP contribution in [0.2, 0.25) is 5.02 Å². The van der Waals surface area contributed by atoms with Crippen LogP contribution in [0.4, 0.5) is 10.5 Å². The van der Waals surface area contributed by atoms with E-state index in [0.29, 0.717) is 11.6 Å². The van der Waals surface area contributed by atoms with Gasteiger partial charge in [-0.3, -0.25) is 4.79 Å². The summed E-state index contributed by atoms with van der Waals surface area (Å²) in [6, 6.07) is 5.17. The standard InChI is InChI=1S/C17H24ClN3O4/c1-11(16(22)23)9-20(2)17(24)19-13-6-7-21(10-13)14-8-12(18)4-5-15(14)25-3/h4-5,8,11,13H,6-7,9-10H2,1-3H3,(H,19,24)(H,22,23). The first kappa shape index (κ1) is 19.2. The normalized spacial score (nSPS) is 17.9. The highest BCUT2D eigenvalue weighted by Gasteiger charge is 2.27. The van der Waals surface area contributed by atoms with Crippen molar-refractivity contribution >= 4 is 29.3 Å². The number of halogens is 1. The minimum Gasteiger partial charge on any atom is -0.495 e. The molecule has 2 atom stereocenters. The first-order valence-corrected chi connectivity index (χ1v) is 8.52. The monoisotopic (exact) mass is 369 g/mol. The summed E-state index contributed by atoms with van der Waals surface area (Å²) in [5.41, 5.74) is 0.902. The van der Waals surface area contributed by atoms with Crippen molar-refractivity contribution < 1.29 is 19.4 Å². The Kier molecular flexibility index (Phi) is 6.36. The Morgan fingerprint density at radius 3 is 2.88 bits per heavy atom. The predicted octanol–water partition coefficient (Wildman–Crippen LogP) is 2.29. The number of ether oxygens (including phenoxy) is 1. The van der Waals surface area contributed by atoms with Gasteiger partial charge in [0, 0.05) is 37.7 Å². The van der Waals surface area contributed by atoms with Gasteiger partial charge < -0.3 is 25.0 Å². The van der Waals surface area contributed by atoms with Crippen LogP contribution in [0.1, 0.15) is 13.3 Å². The summed E-state index contributed by atoms with van der Waals surface area (Å²) in [5.74, 6) is -0.782. The third-order valence-corrected chi connectivity index (χ3v) is 4.55. The molecule has 1 heterocycles. The molecule has 1 fully saturated rings. The van der Waals surface area contributed by atoms with Gasteiger partial charge >= 0.3 is 12.0 Å². The van der Waals surface area contributed by atoms with E-state index in [0.717, 1.165) is 24.4 Å². The Morgan fingerprint density at radius 1 is 1.52 bits per heavy atom. The molecular formula is C17H24ClN3O4. The molecule has 2 amide bonds. The fourth-order valence-corrected chi connectivity index (χ4v) is 3.03. The van der Waals surface area contributed by atoms with E-state index in [-0.39, 0.29) is 18.6 Å². The number of carbonyl (C=O) groups excluding carboxylic acids is 1. The molecule has 138 valence electrons. The van der Waals surface area contributed by atoms with Crippen molar-refractivity contribution in [3.8, 4) is 5.75 Å². The molecule has 1 aliphatic rings. The van der Waals surface area contributed by atoms with Gasteiger partial charge in [-0.05, 0) is 24.6 Å². The molecule has 0 aromatic heterocycles. The molecule has 7 nitrogen and oxygen atoms in total. The van der Waals surface area contributed by atoms with E-state index in [2.05, 4.69) is 10.2 Å². The number of urea groups is 1. The average molecular weight is 370 g/mol. The smallest absolute Gasteiger partial charge is 0.317 e. The molecule has 2 unspecified atom stereocenters. The molecule has 8 heteroatoms. The lowest BCUT2D eigenvalue weighted by Crippen LogP contribution is -2.46. The van der Waals surface area contributed by atoms with Gasteiger partial charge in [-0.1, -0.05) is 18.5 Å². The van der Waals surface area contributed by atoms with Crippen molar-refractivity contribution in [3.05, 3.63) is 23.2 Å². The quantitative estimate of drug-likeness (QED) is 0.804. The number of carbonyl (C=O) groups is 2. The molecule has 1 saturated heterocycles. The molecule has 0 saturated carbocycles. The summed E-state index contributed by atoms with van der Waals surface area (Å²) in [6.45, 7) is 3.16. The highest BCUT2D eigenvalue weighted by molar-refractivity contribution is 6.30. The number of anilines is 1. The van der Waals surface area contributed by atoms with Crippen molar-refractivity contribution in [1.82, 2.24) is 10.2 Å². The first-order chi connectivity index (χ1) is 11.8. The second kappa shape index (κ2) is 8.29. The molecule has 25 heavy (non-hydrogen) atoms. The number of nitrogens with zero attached hydrogens (tertiary/aromatic N) is 2. The maximum atomic E-state index is 12.2.